The van der Waals surface area contributed by atoms with Gasteiger partial charge in [-0.2, -0.15) is 10.1 Å². The molecule has 124 valence electrons. The van der Waals surface area contributed by atoms with E-state index in [-0.39, 0.29) is 17.5 Å². The average molecular weight is 317 g/mol. The minimum absolute atomic E-state index is 0.135. The molecule has 0 amide bonds. The Bertz CT molecular complexity index is 712. The van der Waals surface area contributed by atoms with E-state index >= 15 is 0 Å². The summed E-state index contributed by atoms with van der Waals surface area (Å²) in [7, 11) is 0. The van der Waals surface area contributed by atoms with Crippen LogP contribution in [0.2, 0.25) is 0 Å². The van der Waals surface area contributed by atoms with Gasteiger partial charge < -0.3 is 4.74 Å². The lowest BCUT2D eigenvalue weighted by Gasteiger charge is -2.32. The second kappa shape index (κ2) is 6.23. The smallest absolute Gasteiger partial charge is 0.351 e. The van der Waals surface area contributed by atoms with Crippen LogP contribution in [0.3, 0.4) is 0 Å². The Balaban J connectivity index is 1.87. The second-order valence-corrected chi connectivity index (χ2v) is 6.19. The van der Waals surface area contributed by atoms with Crippen molar-refractivity contribution in [2.24, 2.45) is 5.92 Å². The topological polar surface area (TPSA) is 74.8 Å². The molecule has 1 saturated heterocycles. The summed E-state index contributed by atoms with van der Waals surface area (Å²) in [5.74, 6) is 0.879. The minimum atomic E-state index is -0.321. The predicted octanol–water partition coefficient (Wildman–Crippen LogP) is 2.33. The van der Waals surface area contributed by atoms with Gasteiger partial charge in [0.1, 0.15) is 18.9 Å². The zero-order valence-electron chi connectivity index (χ0n) is 13.8. The van der Waals surface area contributed by atoms with Crippen LogP contribution >= 0.6 is 0 Å². The van der Waals surface area contributed by atoms with Crippen molar-refractivity contribution in [2.45, 2.75) is 58.3 Å². The van der Waals surface area contributed by atoms with Gasteiger partial charge in [0.15, 0.2) is 5.82 Å². The van der Waals surface area contributed by atoms with Crippen LogP contribution in [0.1, 0.15) is 52.7 Å². The molecule has 0 radical (unpaired) electrons. The Hall–Kier alpha value is -2.02. The molecule has 0 spiro atoms. The predicted molar refractivity (Wildman–Crippen MR) is 85.2 cm³/mol. The van der Waals surface area contributed by atoms with Crippen LogP contribution in [0.15, 0.2) is 29.7 Å². The Morgan fingerprint density at radius 3 is 2.87 bits per heavy atom. The first-order valence-corrected chi connectivity index (χ1v) is 8.21. The zero-order chi connectivity index (χ0) is 16.4. The SMILES string of the molecule is CCCC1(CC)O[C@@H](n2ccc(-n3cncn3)nc2=O)C[C@@H]1C. The third-order valence-corrected chi connectivity index (χ3v) is 4.87. The van der Waals surface area contributed by atoms with Gasteiger partial charge in [-0.15, -0.1) is 0 Å². The lowest BCUT2D eigenvalue weighted by atomic mass is 9.83. The number of nitrogens with zero attached hydrogens (tertiary/aromatic N) is 5. The van der Waals surface area contributed by atoms with E-state index in [4.69, 9.17) is 4.74 Å². The fraction of sp³-hybridized carbons (Fsp3) is 0.625. The molecule has 3 atom stereocenters. The maximum absolute atomic E-state index is 12.4. The van der Waals surface area contributed by atoms with Crippen LogP contribution in [-0.4, -0.2) is 29.9 Å². The summed E-state index contributed by atoms with van der Waals surface area (Å²) in [6.45, 7) is 6.53. The van der Waals surface area contributed by atoms with Gasteiger partial charge in [-0.3, -0.25) is 4.57 Å². The molecule has 23 heavy (non-hydrogen) atoms. The van der Waals surface area contributed by atoms with Gasteiger partial charge in [-0.25, -0.2) is 14.5 Å². The summed E-state index contributed by atoms with van der Waals surface area (Å²) in [6, 6.07) is 1.76. The highest BCUT2D eigenvalue weighted by atomic mass is 16.5. The van der Waals surface area contributed by atoms with E-state index in [1.165, 1.54) is 17.3 Å². The molecule has 0 aromatic carbocycles. The van der Waals surface area contributed by atoms with E-state index in [1.807, 2.05) is 0 Å². The highest BCUT2D eigenvalue weighted by Gasteiger charge is 2.45. The molecule has 2 aromatic heterocycles. The van der Waals surface area contributed by atoms with Crippen molar-refractivity contribution in [3.63, 3.8) is 0 Å². The molecular weight excluding hydrogens is 294 g/mol. The molecule has 0 saturated carbocycles. The molecule has 0 bridgehead atoms. The molecule has 0 N–H and O–H groups in total. The maximum atomic E-state index is 12.4. The third kappa shape index (κ3) is 2.81. The quantitative estimate of drug-likeness (QED) is 0.846. The van der Waals surface area contributed by atoms with E-state index in [9.17, 15) is 4.79 Å². The average Bonchev–Trinajstić information content (AvgIpc) is 3.17. The summed E-state index contributed by atoms with van der Waals surface area (Å²) in [5, 5.41) is 3.99. The van der Waals surface area contributed by atoms with Gasteiger partial charge in [0.2, 0.25) is 0 Å². The molecule has 1 aliphatic heterocycles. The van der Waals surface area contributed by atoms with Gasteiger partial charge in [-0.1, -0.05) is 27.2 Å². The van der Waals surface area contributed by atoms with Crippen molar-refractivity contribution >= 4 is 0 Å². The van der Waals surface area contributed by atoms with Crippen LogP contribution in [0.4, 0.5) is 0 Å². The Morgan fingerprint density at radius 2 is 2.26 bits per heavy atom. The van der Waals surface area contributed by atoms with E-state index < -0.39 is 0 Å². The Kier molecular flexibility index (Phi) is 4.30. The number of hydrogen-bond acceptors (Lipinski definition) is 5. The van der Waals surface area contributed by atoms with E-state index in [0.717, 1.165) is 25.7 Å². The molecule has 1 unspecified atom stereocenters. The van der Waals surface area contributed by atoms with Crippen molar-refractivity contribution in [1.82, 2.24) is 24.3 Å². The molecular formula is C16H23N5O2. The first-order chi connectivity index (χ1) is 11.1. The monoisotopic (exact) mass is 317 g/mol. The van der Waals surface area contributed by atoms with Crippen LogP contribution in [0.25, 0.3) is 5.82 Å². The van der Waals surface area contributed by atoms with Crippen LogP contribution in [0, 0.1) is 5.92 Å². The summed E-state index contributed by atoms with van der Waals surface area (Å²) < 4.78 is 9.39. The fourth-order valence-electron chi connectivity index (χ4n) is 3.54. The van der Waals surface area contributed by atoms with E-state index in [2.05, 4.69) is 35.8 Å². The largest absolute Gasteiger partial charge is 0.351 e. The fourth-order valence-corrected chi connectivity index (χ4v) is 3.54. The summed E-state index contributed by atoms with van der Waals surface area (Å²) in [5.41, 5.74) is -0.456. The lowest BCUT2D eigenvalue weighted by molar-refractivity contribution is -0.0918. The van der Waals surface area contributed by atoms with Crippen molar-refractivity contribution in [3.05, 3.63) is 35.4 Å². The number of ether oxygens (including phenoxy) is 1. The van der Waals surface area contributed by atoms with Crippen molar-refractivity contribution < 1.29 is 4.74 Å². The molecule has 1 fully saturated rings. The van der Waals surface area contributed by atoms with Crippen LogP contribution in [-0.2, 0) is 4.74 Å². The molecule has 3 heterocycles. The van der Waals surface area contributed by atoms with Gasteiger partial charge in [0, 0.05) is 6.20 Å². The second-order valence-electron chi connectivity index (χ2n) is 6.19. The van der Waals surface area contributed by atoms with E-state index in [1.54, 1.807) is 16.8 Å². The van der Waals surface area contributed by atoms with E-state index in [0.29, 0.717) is 11.7 Å². The van der Waals surface area contributed by atoms with Gasteiger partial charge in [0.25, 0.3) is 0 Å². The Morgan fingerprint density at radius 1 is 1.43 bits per heavy atom. The van der Waals surface area contributed by atoms with Crippen molar-refractivity contribution in [3.8, 4) is 5.82 Å². The maximum Gasteiger partial charge on any atom is 0.351 e. The zero-order valence-corrected chi connectivity index (χ0v) is 13.8. The van der Waals surface area contributed by atoms with Gasteiger partial charge in [0.05, 0.1) is 5.60 Å². The summed E-state index contributed by atoms with van der Waals surface area (Å²) in [4.78, 5) is 20.4. The lowest BCUT2D eigenvalue weighted by Crippen LogP contribution is -2.34. The summed E-state index contributed by atoms with van der Waals surface area (Å²) >= 11 is 0. The number of aromatic nitrogens is 5. The first-order valence-electron chi connectivity index (χ1n) is 8.21. The highest BCUT2D eigenvalue weighted by Crippen LogP contribution is 2.45. The minimum Gasteiger partial charge on any atom is -0.351 e. The number of rotatable bonds is 5. The van der Waals surface area contributed by atoms with Crippen LogP contribution in [0.5, 0.6) is 0 Å². The standard InChI is InChI=1S/C16H23N5O2/c1-4-7-16(5-2)12(3)9-14(23-16)20-8-6-13(19-15(20)22)21-11-17-10-18-21/h6,8,10-12,14H,4-5,7,9H2,1-3H3/t12-,14+,16?/m0/s1. The molecule has 7 heteroatoms. The molecule has 3 rings (SSSR count). The molecule has 0 aliphatic carbocycles. The molecule has 7 nitrogen and oxygen atoms in total. The normalized spacial score (nSPS) is 27.4. The molecule has 2 aromatic rings. The van der Waals surface area contributed by atoms with Crippen LogP contribution < -0.4 is 5.69 Å². The summed E-state index contributed by atoms with van der Waals surface area (Å²) in [6.07, 6.45) is 8.29. The molecule has 1 aliphatic rings. The number of hydrogen-bond donors (Lipinski definition) is 0. The van der Waals surface area contributed by atoms with Crippen molar-refractivity contribution in [1.29, 1.82) is 0 Å². The third-order valence-electron chi connectivity index (χ3n) is 4.87. The Labute approximate surface area is 135 Å². The first kappa shape index (κ1) is 15.9. The van der Waals surface area contributed by atoms with Gasteiger partial charge >= 0.3 is 5.69 Å². The highest BCUT2D eigenvalue weighted by molar-refractivity contribution is 5.16. The van der Waals surface area contributed by atoms with Crippen molar-refractivity contribution in [2.75, 3.05) is 0 Å². The van der Waals surface area contributed by atoms with Gasteiger partial charge in [-0.05, 0) is 31.2 Å².